The standard InChI is InChI=1S/C19H16ClF3N8O/c1-10(17-26-9-27-31(17)14-4-5-15(32)30(3)28-14)29(2)18-12-6-11(19(21,22)23)7-13(20)16(12)24-8-25-18/h4-10H,1-3H3/t10-/m0/s1. The minimum atomic E-state index is -4.58. The Morgan fingerprint density at radius 1 is 1.12 bits per heavy atom. The van der Waals surface area contributed by atoms with E-state index >= 15 is 0 Å². The topological polar surface area (TPSA) is 94.6 Å². The van der Waals surface area contributed by atoms with Crippen LogP contribution in [0.3, 0.4) is 0 Å². The second kappa shape index (κ2) is 7.86. The Morgan fingerprint density at radius 3 is 2.56 bits per heavy atom. The van der Waals surface area contributed by atoms with Gasteiger partial charge in [-0.15, -0.1) is 5.10 Å². The second-order valence-corrected chi connectivity index (χ2v) is 7.43. The summed E-state index contributed by atoms with van der Waals surface area (Å²) >= 11 is 6.09. The van der Waals surface area contributed by atoms with Crippen molar-refractivity contribution in [2.24, 2.45) is 7.05 Å². The molecule has 0 radical (unpaired) electrons. The first-order chi connectivity index (χ1) is 15.1. The number of aromatic nitrogens is 7. The van der Waals surface area contributed by atoms with Gasteiger partial charge in [-0.25, -0.2) is 19.6 Å². The van der Waals surface area contributed by atoms with Crippen molar-refractivity contribution in [3.63, 3.8) is 0 Å². The third-order valence-corrected chi connectivity index (χ3v) is 5.31. The lowest BCUT2D eigenvalue weighted by Crippen LogP contribution is -2.27. The van der Waals surface area contributed by atoms with Crippen LogP contribution in [0.25, 0.3) is 16.7 Å². The van der Waals surface area contributed by atoms with Crippen LogP contribution in [0.4, 0.5) is 19.0 Å². The van der Waals surface area contributed by atoms with Gasteiger partial charge in [0.15, 0.2) is 11.6 Å². The number of fused-ring (bicyclic) bond motifs is 1. The number of aryl methyl sites for hydroxylation is 1. The molecule has 4 aromatic rings. The molecule has 0 unspecified atom stereocenters. The first kappa shape index (κ1) is 21.7. The SMILES string of the molecule is C[C@@H](c1ncnn1-c1ccc(=O)n(C)n1)N(C)c1ncnc2c(Cl)cc(C(F)(F)F)cc12. The number of nitrogens with zero attached hydrogens (tertiary/aromatic N) is 8. The predicted molar refractivity (Wildman–Crippen MR) is 111 cm³/mol. The lowest BCUT2D eigenvalue weighted by atomic mass is 10.1. The van der Waals surface area contributed by atoms with Crippen molar-refractivity contribution >= 4 is 28.3 Å². The molecule has 9 nitrogen and oxygen atoms in total. The molecule has 0 saturated heterocycles. The molecule has 13 heteroatoms. The van der Waals surface area contributed by atoms with E-state index in [4.69, 9.17) is 11.6 Å². The number of hydrogen-bond acceptors (Lipinski definition) is 7. The average molecular weight is 465 g/mol. The largest absolute Gasteiger partial charge is 0.416 e. The summed E-state index contributed by atoms with van der Waals surface area (Å²) in [6, 6.07) is 4.16. The molecule has 0 aliphatic heterocycles. The predicted octanol–water partition coefficient (Wildman–Crippen LogP) is 3.17. The van der Waals surface area contributed by atoms with E-state index in [1.807, 2.05) is 0 Å². The number of halogens is 4. The summed E-state index contributed by atoms with van der Waals surface area (Å²) in [6.07, 6.45) is -2.02. The van der Waals surface area contributed by atoms with Crippen LogP contribution in [0.1, 0.15) is 24.4 Å². The van der Waals surface area contributed by atoms with Gasteiger partial charge in [0, 0.05) is 25.5 Å². The van der Waals surface area contributed by atoms with Gasteiger partial charge in [-0.2, -0.15) is 23.0 Å². The molecule has 0 N–H and O–H groups in total. The van der Waals surface area contributed by atoms with Crippen molar-refractivity contribution in [2.45, 2.75) is 19.1 Å². The van der Waals surface area contributed by atoms with Crippen molar-refractivity contribution in [3.05, 3.63) is 63.7 Å². The van der Waals surface area contributed by atoms with E-state index in [1.165, 1.54) is 36.5 Å². The van der Waals surface area contributed by atoms with E-state index in [2.05, 4.69) is 25.1 Å². The summed E-state index contributed by atoms with van der Waals surface area (Å²) < 4.78 is 42.6. The Kier molecular flexibility index (Phi) is 5.33. The molecule has 0 aliphatic carbocycles. The van der Waals surface area contributed by atoms with Crippen molar-refractivity contribution < 1.29 is 13.2 Å². The molecule has 166 valence electrons. The van der Waals surface area contributed by atoms with Crippen LogP contribution in [0.2, 0.25) is 5.02 Å². The van der Waals surface area contributed by atoms with Crippen molar-refractivity contribution in [1.29, 1.82) is 0 Å². The van der Waals surface area contributed by atoms with Gasteiger partial charge >= 0.3 is 6.18 Å². The van der Waals surface area contributed by atoms with E-state index in [0.717, 1.165) is 16.8 Å². The fraction of sp³-hybridized carbons (Fsp3) is 0.263. The fourth-order valence-electron chi connectivity index (χ4n) is 3.23. The maximum Gasteiger partial charge on any atom is 0.416 e. The summed E-state index contributed by atoms with van der Waals surface area (Å²) in [5.41, 5.74) is -0.986. The van der Waals surface area contributed by atoms with Gasteiger partial charge in [-0.05, 0) is 25.1 Å². The fourth-order valence-corrected chi connectivity index (χ4v) is 3.50. The average Bonchev–Trinajstić information content (AvgIpc) is 3.23. The molecule has 4 rings (SSSR count). The molecule has 32 heavy (non-hydrogen) atoms. The Morgan fingerprint density at radius 2 is 1.88 bits per heavy atom. The molecule has 0 amide bonds. The summed E-state index contributed by atoms with van der Waals surface area (Å²) in [7, 11) is 3.17. The van der Waals surface area contributed by atoms with Crippen LogP contribution in [-0.4, -0.2) is 41.6 Å². The summed E-state index contributed by atoms with van der Waals surface area (Å²) in [5.74, 6) is 1.02. The highest BCUT2D eigenvalue weighted by molar-refractivity contribution is 6.35. The number of alkyl halides is 3. The molecular weight excluding hydrogens is 449 g/mol. The molecule has 0 aliphatic rings. The number of rotatable bonds is 4. The molecule has 0 fully saturated rings. The third-order valence-electron chi connectivity index (χ3n) is 5.02. The molecule has 3 heterocycles. The maximum atomic E-state index is 13.3. The van der Waals surface area contributed by atoms with Gasteiger partial charge in [0.25, 0.3) is 5.56 Å². The minimum Gasteiger partial charge on any atom is -0.349 e. The van der Waals surface area contributed by atoms with E-state index in [-0.39, 0.29) is 27.3 Å². The van der Waals surface area contributed by atoms with Crippen LogP contribution >= 0.6 is 11.6 Å². The summed E-state index contributed by atoms with van der Waals surface area (Å²) in [6.45, 7) is 1.78. The van der Waals surface area contributed by atoms with E-state index < -0.39 is 17.8 Å². The van der Waals surface area contributed by atoms with E-state index in [0.29, 0.717) is 11.6 Å². The Bertz CT molecular complexity index is 1370. The maximum absolute atomic E-state index is 13.3. The monoisotopic (exact) mass is 464 g/mol. The summed E-state index contributed by atoms with van der Waals surface area (Å²) in [4.78, 5) is 25.8. The summed E-state index contributed by atoms with van der Waals surface area (Å²) in [5, 5.41) is 8.36. The second-order valence-electron chi connectivity index (χ2n) is 7.02. The molecule has 0 spiro atoms. The highest BCUT2D eigenvalue weighted by Gasteiger charge is 2.32. The first-order valence-corrected chi connectivity index (χ1v) is 9.64. The smallest absolute Gasteiger partial charge is 0.349 e. The number of anilines is 1. The Hall–Kier alpha value is -3.54. The van der Waals surface area contributed by atoms with Crippen LogP contribution in [0.15, 0.2) is 41.7 Å². The Balaban J connectivity index is 1.80. The quantitative estimate of drug-likeness (QED) is 0.458. The third kappa shape index (κ3) is 3.77. The van der Waals surface area contributed by atoms with Crippen molar-refractivity contribution in [1.82, 2.24) is 34.5 Å². The molecular formula is C19H16ClF3N8O. The lowest BCUT2D eigenvalue weighted by Gasteiger charge is -2.26. The van der Waals surface area contributed by atoms with Gasteiger partial charge in [0.2, 0.25) is 0 Å². The molecule has 0 saturated carbocycles. The molecule has 3 aromatic heterocycles. The lowest BCUT2D eigenvalue weighted by molar-refractivity contribution is -0.137. The molecule has 0 bridgehead atoms. The first-order valence-electron chi connectivity index (χ1n) is 9.27. The Labute approximate surface area is 184 Å². The van der Waals surface area contributed by atoms with Crippen LogP contribution in [-0.2, 0) is 13.2 Å². The van der Waals surface area contributed by atoms with Gasteiger partial charge in [0.1, 0.15) is 18.5 Å². The van der Waals surface area contributed by atoms with Crippen LogP contribution in [0, 0.1) is 0 Å². The van der Waals surface area contributed by atoms with Crippen molar-refractivity contribution in [2.75, 3.05) is 11.9 Å². The zero-order valence-electron chi connectivity index (χ0n) is 17.0. The normalized spacial score (nSPS) is 12.8. The zero-order chi connectivity index (χ0) is 23.2. The molecule has 1 aromatic carbocycles. The van der Waals surface area contributed by atoms with Crippen LogP contribution < -0.4 is 10.5 Å². The van der Waals surface area contributed by atoms with E-state index in [9.17, 15) is 18.0 Å². The van der Waals surface area contributed by atoms with Gasteiger partial charge in [-0.1, -0.05) is 11.6 Å². The van der Waals surface area contributed by atoms with Crippen LogP contribution in [0.5, 0.6) is 0 Å². The number of hydrogen-bond donors (Lipinski definition) is 0. The van der Waals surface area contributed by atoms with Gasteiger partial charge in [-0.3, -0.25) is 4.79 Å². The minimum absolute atomic E-state index is 0.128. The van der Waals surface area contributed by atoms with Gasteiger partial charge < -0.3 is 4.90 Å². The van der Waals surface area contributed by atoms with Crippen molar-refractivity contribution in [3.8, 4) is 5.82 Å². The highest BCUT2D eigenvalue weighted by atomic mass is 35.5. The number of benzene rings is 1. The van der Waals surface area contributed by atoms with E-state index in [1.54, 1.807) is 18.9 Å². The zero-order valence-corrected chi connectivity index (χ0v) is 17.8. The molecule has 1 atom stereocenters. The highest BCUT2D eigenvalue weighted by Crippen LogP contribution is 2.38. The van der Waals surface area contributed by atoms with Gasteiger partial charge in [0.05, 0.1) is 22.1 Å².